The molecule has 0 saturated carbocycles. The molecular formula is C13H26O6. The molecule has 0 aromatic heterocycles. The number of rotatable bonds is 4. The van der Waals surface area contributed by atoms with Crippen molar-refractivity contribution in [1.82, 2.24) is 0 Å². The molecule has 0 amide bonds. The zero-order valence-electron chi connectivity index (χ0n) is 12.8. The van der Waals surface area contributed by atoms with Gasteiger partial charge < -0.3 is 29.2 Å². The van der Waals surface area contributed by atoms with Gasteiger partial charge >= 0.3 is 0 Å². The van der Waals surface area contributed by atoms with E-state index in [0.29, 0.717) is 0 Å². The smallest absolute Gasteiger partial charge is 0.197 e. The van der Waals surface area contributed by atoms with Gasteiger partial charge in [-0.3, -0.25) is 0 Å². The largest absolute Gasteiger partial charge is 0.384 e. The summed E-state index contributed by atoms with van der Waals surface area (Å²) in [5.41, 5.74) is -4.44. The Labute approximate surface area is 114 Å². The molecule has 6 nitrogen and oxygen atoms in total. The number of hydrogen-bond acceptors (Lipinski definition) is 6. The Kier molecular flexibility index (Phi) is 4.38. The molecule has 1 fully saturated rings. The minimum absolute atomic E-state index is 0.127. The number of ether oxygens (including phenoxy) is 4. The average Bonchev–Trinajstić information content (AvgIpc) is 2.35. The van der Waals surface area contributed by atoms with Crippen LogP contribution in [0.4, 0.5) is 0 Å². The van der Waals surface area contributed by atoms with Gasteiger partial charge in [-0.15, -0.1) is 0 Å². The van der Waals surface area contributed by atoms with Crippen LogP contribution < -0.4 is 0 Å². The van der Waals surface area contributed by atoms with E-state index < -0.39 is 28.7 Å². The second-order valence-corrected chi connectivity index (χ2v) is 5.67. The molecule has 1 aliphatic heterocycles. The minimum atomic E-state index is -1.61. The Hall–Kier alpha value is -0.240. The van der Waals surface area contributed by atoms with E-state index in [4.69, 9.17) is 18.9 Å². The van der Waals surface area contributed by atoms with Gasteiger partial charge in [0.15, 0.2) is 5.79 Å². The summed E-state index contributed by atoms with van der Waals surface area (Å²) in [7, 11) is 4.42. The van der Waals surface area contributed by atoms with Crippen molar-refractivity contribution in [2.45, 2.75) is 56.4 Å². The van der Waals surface area contributed by atoms with Crippen molar-refractivity contribution in [3.8, 4) is 0 Å². The molecule has 5 atom stereocenters. The molecule has 2 N–H and O–H groups in total. The van der Waals surface area contributed by atoms with Gasteiger partial charge in [-0.25, -0.2) is 0 Å². The van der Waals surface area contributed by atoms with E-state index >= 15 is 0 Å². The van der Waals surface area contributed by atoms with Crippen LogP contribution in [0.25, 0.3) is 0 Å². The first-order valence-corrected chi connectivity index (χ1v) is 6.26. The molecule has 1 rings (SSSR count). The molecule has 0 spiro atoms. The third-order valence-electron chi connectivity index (χ3n) is 4.89. The number of aliphatic hydroxyl groups is 2. The molecule has 19 heavy (non-hydrogen) atoms. The van der Waals surface area contributed by atoms with Gasteiger partial charge in [-0.1, -0.05) is 0 Å². The van der Waals surface area contributed by atoms with Crippen molar-refractivity contribution in [3.63, 3.8) is 0 Å². The lowest BCUT2D eigenvalue weighted by Crippen LogP contribution is -2.81. The molecule has 0 aromatic carbocycles. The normalized spacial score (nSPS) is 51.3. The topological polar surface area (TPSA) is 77.4 Å². The third kappa shape index (κ3) is 2.02. The maximum atomic E-state index is 10.9. The van der Waals surface area contributed by atoms with Crippen LogP contribution in [0.2, 0.25) is 0 Å². The van der Waals surface area contributed by atoms with Crippen LogP contribution in [0.1, 0.15) is 27.7 Å². The van der Waals surface area contributed by atoms with Gasteiger partial charge in [-0.05, 0) is 27.7 Å². The first kappa shape index (κ1) is 16.8. The lowest BCUT2D eigenvalue weighted by molar-refractivity contribution is -0.433. The van der Waals surface area contributed by atoms with Crippen molar-refractivity contribution in [1.29, 1.82) is 0 Å². The molecule has 1 aliphatic rings. The SMILES string of the molecule is COCC1OC(C)(OC)C(C)(OC)C(C)(O)C1(C)O. The zero-order valence-corrected chi connectivity index (χ0v) is 12.8. The summed E-state index contributed by atoms with van der Waals surface area (Å²) >= 11 is 0. The summed E-state index contributed by atoms with van der Waals surface area (Å²) < 4.78 is 21.8. The fraction of sp³-hybridized carbons (Fsp3) is 1.00. The second-order valence-electron chi connectivity index (χ2n) is 5.67. The minimum Gasteiger partial charge on any atom is -0.384 e. The molecule has 114 valence electrons. The molecule has 5 unspecified atom stereocenters. The van der Waals surface area contributed by atoms with Crippen LogP contribution >= 0.6 is 0 Å². The Balaban J connectivity index is 3.36. The summed E-state index contributed by atoms with van der Waals surface area (Å²) in [6.45, 7) is 6.46. The first-order chi connectivity index (χ1) is 8.54. The van der Waals surface area contributed by atoms with Crippen LogP contribution in [-0.2, 0) is 18.9 Å². The summed E-state index contributed by atoms with van der Waals surface area (Å²) in [6, 6.07) is 0. The van der Waals surface area contributed by atoms with E-state index in [2.05, 4.69) is 0 Å². The van der Waals surface area contributed by atoms with Crippen LogP contribution in [0.15, 0.2) is 0 Å². The zero-order chi connectivity index (χ0) is 15.1. The van der Waals surface area contributed by atoms with E-state index in [1.807, 2.05) is 0 Å². The highest BCUT2D eigenvalue weighted by Gasteiger charge is 2.71. The van der Waals surface area contributed by atoms with Gasteiger partial charge in [0.1, 0.15) is 22.9 Å². The van der Waals surface area contributed by atoms with Gasteiger partial charge in [-0.2, -0.15) is 0 Å². The van der Waals surface area contributed by atoms with Crippen molar-refractivity contribution >= 4 is 0 Å². The maximum absolute atomic E-state index is 10.9. The van der Waals surface area contributed by atoms with Crippen molar-refractivity contribution in [2.24, 2.45) is 0 Å². The fourth-order valence-corrected chi connectivity index (χ4v) is 2.71. The second kappa shape index (κ2) is 4.95. The van der Waals surface area contributed by atoms with E-state index in [0.717, 1.165) is 0 Å². The molecule has 6 heteroatoms. The molecule has 0 radical (unpaired) electrons. The predicted molar refractivity (Wildman–Crippen MR) is 68.8 cm³/mol. The van der Waals surface area contributed by atoms with E-state index in [1.54, 1.807) is 13.8 Å². The highest BCUT2D eigenvalue weighted by molar-refractivity contribution is 5.18. The quantitative estimate of drug-likeness (QED) is 0.770. The molecular weight excluding hydrogens is 252 g/mol. The Bertz CT molecular complexity index is 329. The van der Waals surface area contributed by atoms with Crippen molar-refractivity contribution in [2.75, 3.05) is 27.9 Å². The van der Waals surface area contributed by atoms with Gasteiger partial charge in [0.2, 0.25) is 0 Å². The molecule has 0 bridgehead atoms. The maximum Gasteiger partial charge on any atom is 0.197 e. The predicted octanol–water partition coefficient (Wildman–Crippen LogP) is 0.301. The van der Waals surface area contributed by atoms with Crippen LogP contribution in [0.3, 0.4) is 0 Å². The van der Waals surface area contributed by atoms with Crippen LogP contribution in [-0.4, -0.2) is 66.8 Å². The van der Waals surface area contributed by atoms with E-state index in [9.17, 15) is 10.2 Å². The first-order valence-electron chi connectivity index (χ1n) is 6.26. The van der Waals surface area contributed by atoms with Crippen LogP contribution in [0, 0.1) is 0 Å². The summed E-state index contributed by atoms with van der Waals surface area (Å²) in [6.07, 6.45) is -0.749. The highest BCUT2D eigenvalue weighted by atomic mass is 16.7. The Morgan fingerprint density at radius 2 is 1.53 bits per heavy atom. The lowest BCUT2D eigenvalue weighted by atomic mass is 9.65. The number of methoxy groups -OCH3 is 3. The van der Waals surface area contributed by atoms with Gasteiger partial charge in [0.25, 0.3) is 0 Å². The molecule has 0 aromatic rings. The summed E-state index contributed by atoms with van der Waals surface area (Å²) in [5, 5.41) is 21.6. The standard InChI is InChI=1S/C13H26O6/c1-10(14)9(8-16-5)19-13(4,18-7)12(3,17-6)11(10,2)15/h9,14-15H,8H2,1-7H3. The molecule has 0 aliphatic carbocycles. The van der Waals surface area contributed by atoms with E-state index in [-0.39, 0.29) is 6.61 Å². The molecule has 1 heterocycles. The summed E-state index contributed by atoms with van der Waals surface area (Å²) in [4.78, 5) is 0. The Morgan fingerprint density at radius 3 is 1.89 bits per heavy atom. The Morgan fingerprint density at radius 1 is 1.00 bits per heavy atom. The van der Waals surface area contributed by atoms with Crippen molar-refractivity contribution in [3.05, 3.63) is 0 Å². The third-order valence-corrected chi connectivity index (χ3v) is 4.89. The monoisotopic (exact) mass is 278 g/mol. The average molecular weight is 278 g/mol. The van der Waals surface area contributed by atoms with E-state index in [1.165, 1.54) is 35.2 Å². The lowest BCUT2D eigenvalue weighted by Gasteiger charge is -2.62. The highest BCUT2D eigenvalue weighted by Crippen LogP contribution is 2.51. The summed E-state index contributed by atoms with van der Waals surface area (Å²) in [5.74, 6) is -1.23. The van der Waals surface area contributed by atoms with Gasteiger partial charge in [0.05, 0.1) is 6.61 Å². The number of hydrogen-bond donors (Lipinski definition) is 2. The molecule has 1 saturated heterocycles. The fourth-order valence-electron chi connectivity index (χ4n) is 2.71. The van der Waals surface area contributed by atoms with Crippen molar-refractivity contribution < 1.29 is 29.2 Å². The van der Waals surface area contributed by atoms with Crippen LogP contribution in [0.5, 0.6) is 0 Å². The van der Waals surface area contributed by atoms with Gasteiger partial charge in [0, 0.05) is 21.3 Å².